The van der Waals surface area contributed by atoms with Gasteiger partial charge in [0.15, 0.2) is 5.69 Å². The average Bonchev–Trinajstić information content (AvgIpc) is 3.52. The summed E-state index contributed by atoms with van der Waals surface area (Å²) in [5.74, 6) is 0.210. The molecule has 12 heteroatoms. The van der Waals surface area contributed by atoms with Crippen LogP contribution in [-0.2, 0) is 12.1 Å². The first-order valence-electron chi connectivity index (χ1n) is 13.4. The highest BCUT2D eigenvalue weighted by Crippen LogP contribution is 2.31. The second-order valence-electron chi connectivity index (χ2n) is 11.3. The summed E-state index contributed by atoms with van der Waals surface area (Å²) in [5, 5.41) is 31.7. The van der Waals surface area contributed by atoms with Gasteiger partial charge in [-0.25, -0.2) is 14.6 Å². The van der Waals surface area contributed by atoms with Gasteiger partial charge in [0.05, 0.1) is 47.2 Å². The summed E-state index contributed by atoms with van der Waals surface area (Å²) in [5.41, 5.74) is 5.53. The van der Waals surface area contributed by atoms with E-state index in [9.17, 15) is 9.90 Å². The first-order valence-corrected chi connectivity index (χ1v) is 13.4. The molecule has 0 radical (unpaired) electrons. The number of aliphatic hydroxyl groups is 1. The van der Waals surface area contributed by atoms with Gasteiger partial charge in [0.1, 0.15) is 0 Å². The lowest BCUT2D eigenvalue weighted by Crippen LogP contribution is -2.32. The lowest BCUT2D eigenvalue weighted by Gasteiger charge is -2.22. The number of rotatable bonds is 7. The minimum absolute atomic E-state index is 0.220. The Labute approximate surface area is 233 Å². The standard InChI is InChI=1S/C28H36N10O2/c1-17(39)14-37-11-9-23(31-26(40)25-16-38(36-35-25)28(3,4)5)21-7-6-19(12-20(21)15-37)22-8-10-29-27(32-22)33-24-13-30-34-18(24)2/h6-8,10,12-13,16-17,23,39H,9,11,14-15H2,1-5H3,(H,30,34)(H,31,40)(H,29,32,33)/t17-,23+/m0/s1. The Kier molecular flexibility index (Phi) is 7.63. The number of carbonyl (C=O) groups is 1. The number of anilines is 2. The number of aryl methyl sites for hydroxylation is 1. The maximum Gasteiger partial charge on any atom is 0.273 e. The van der Waals surface area contributed by atoms with Crippen molar-refractivity contribution in [3.63, 3.8) is 0 Å². The number of nitrogens with one attached hydrogen (secondary N) is 3. The minimum Gasteiger partial charge on any atom is -0.392 e. The third-order valence-corrected chi connectivity index (χ3v) is 6.92. The summed E-state index contributed by atoms with van der Waals surface area (Å²) in [6.45, 7) is 11.6. The molecule has 2 atom stereocenters. The quantitative estimate of drug-likeness (QED) is 0.275. The summed E-state index contributed by atoms with van der Waals surface area (Å²) >= 11 is 0. The third-order valence-electron chi connectivity index (χ3n) is 6.92. The summed E-state index contributed by atoms with van der Waals surface area (Å²) in [6.07, 6.45) is 5.33. The lowest BCUT2D eigenvalue weighted by atomic mass is 9.96. The van der Waals surface area contributed by atoms with Gasteiger partial charge >= 0.3 is 0 Å². The molecule has 4 heterocycles. The van der Waals surface area contributed by atoms with E-state index in [1.165, 1.54) is 0 Å². The monoisotopic (exact) mass is 544 g/mol. The highest BCUT2D eigenvalue weighted by atomic mass is 16.3. The number of amides is 1. The minimum atomic E-state index is -0.466. The van der Waals surface area contributed by atoms with Crippen LogP contribution in [0.5, 0.6) is 0 Å². The fourth-order valence-corrected chi connectivity index (χ4v) is 4.81. The number of β-amino-alcohol motifs (C(OH)–C–C–N with tert-alkyl or cyclic N) is 1. The third kappa shape index (κ3) is 6.18. The SMILES string of the molecule is Cc1[nH]ncc1Nc1nccc(-c2ccc3c(c2)CN(C[C@H](C)O)CC[C@H]3NC(=O)c2cn(C(C)(C)C)nn2)n1. The molecule has 4 N–H and O–H groups in total. The molecule has 0 unspecified atom stereocenters. The van der Waals surface area contributed by atoms with E-state index in [0.29, 0.717) is 25.5 Å². The fourth-order valence-electron chi connectivity index (χ4n) is 4.81. The van der Waals surface area contributed by atoms with Crippen molar-refractivity contribution < 1.29 is 9.90 Å². The molecule has 0 aliphatic carbocycles. The van der Waals surface area contributed by atoms with Crippen LogP contribution < -0.4 is 10.6 Å². The molecule has 0 saturated carbocycles. The largest absolute Gasteiger partial charge is 0.392 e. The Morgan fingerprint density at radius 3 is 2.80 bits per heavy atom. The predicted molar refractivity (Wildman–Crippen MR) is 151 cm³/mol. The van der Waals surface area contributed by atoms with Crippen LogP contribution in [0.2, 0.25) is 0 Å². The number of aromatic amines is 1. The van der Waals surface area contributed by atoms with Crippen molar-refractivity contribution >= 4 is 17.5 Å². The molecule has 0 bridgehead atoms. The number of hydrogen-bond donors (Lipinski definition) is 4. The number of aromatic nitrogens is 7. The summed E-state index contributed by atoms with van der Waals surface area (Å²) in [7, 11) is 0. The first kappa shape index (κ1) is 27.4. The Hall–Kier alpha value is -4.16. The second-order valence-corrected chi connectivity index (χ2v) is 11.3. The van der Waals surface area contributed by atoms with E-state index in [2.05, 4.69) is 53.2 Å². The van der Waals surface area contributed by atoms with Gasteiger partial charge in [-0.15, -0.1) is 5.10 Å². The zero-order chi connectivity index (χ0) is 28.4. The summed E-state index contributed by atoms with van der Waals surface area (Å²) in [4.78, 5) is 24.5. The second kappa shape index (κ2) is 11.1. The molecule has 3 aromatic heterocycles. The molecule has 1 aliphatic heterocycles. The molecular formula is C28H36N10O2. The number of benzene rings is 1. The Morgan fingerprint density at radius 2 is 2.10 bits per heavy atom. The van der Waals surface area contributed by atoms with Crippen molar-refractivity contribution in [2.45, 2.75) is 65.3 Å². The van der Waals surface area contributed by atoms with Crippen molar-refractivity contribution in [1.82, 2.24) is 45.4 Å². The Balaban J connectivity index is 1.43. The van der Waals surface area contributed by atoms with Crippen molar-refractivity contribution in [1.29, 1.82) is 0 Å². The van der Waals surface area contributed by atoms with Crippen LogP contribution in [0.15, 0.2) is 42.9 Å². The highest BCUT2D eigenvalue weighted by Gasteiger charge is 2.27. The topological polar surface area (TPSA) is 150 Å². The van der Waals surface area contributed by atoms with Crippen LogP contribution in [0.3, 0.4) is 0 Å². The van der Waals surface area contributed by atoms with Gasteiger partial charge in [-0.1, -0.05) is 17.3 Å². The lowest BCUT2D eigenvalue weighted by molar-refractivity contribution is 0.0921. The molecule has 4 aromatic rings. The molecular weight excluding hydrogens is 508 g/mol. The van der Waals surface area contributed by atoms with E-state index in [4.69, 9.17) is 4.98 Å². The van der Waals surface area contributed by atoms with Crippen LogP contribution >= 0.6 is 0 Å². The molecule has 12 nitrogen and oxygen atoms in total. The number of H-pyrrole nitrogens is 1. The predicted octanol–water partition coefficient (Wildman–Crippen LogP) is 3.32. The molecule has 210 valence electrons. The smallest absolute Gasteiger partial charge is 0.273 e. The number of nitrogens with zero attached hydrogens (tertiary/aromatic N) is 7. The Bertz CT molecular complexity index is 1490. The van der Waals surface area contributed by atoms with Crippen molar-refractivity contribution in [2.24, 2.45) is 0 Å². The highest BCUT2D eigenvalue weighted by molar-refractivity contribution is 5.92. The molecule has 40 heavy (non-hydrogen) atoms. The first-order chi connectivity index (χ1) is 19.1. The van der Waals surface area contributed by atoms with E-state index >= 15 is 0 Å². The van der Waals surface area contributed by atoms with Crippen molar-refractivity contribution in [3.05, 3.63) is 65.4 Å². The van der Waals surface area contributed by atoms with Gasteiger partial charge in [-0.3, -0.25) is 14.8 Å². The number of hydrogen-bond acceptors (Lipinski definition) is 9. The van der Waals surface area contributed by atoms with Gasteiger partial charge < -0.3 is 15.7 Å². The van der Waals surface area contributed by atoms with E-state index in [-0.39, 0.29) is 23.2 Å². The molecule has 5 rings (SSSR count). The fraction of sp³-hybridized carbons (Fsp3) is 0.429. The van der Waals surface area contributed by atoms with Crippen LogP contribution in [0.25, 0.3) is 11.3 Å². The Morgan fingerprint density at radius 1 is 1.27 bits per heavy atom. The van der Waals surface area contributed by atoms with E-state index in [1.54, 1.807) is 30.2 Å². The number of fused-ring (bicyclic) bond motifs is 1. The molecule has 1 amide bonds. The molecule has 1 aromatic carbocycles. The van der Waals surface area contributed by atoms with Crippen LogP contribution in [0.4, 0.5) is 11.6 Å². The van der Waals surface area contributed by atoms with Crippen molar-refractivity contribution in [2.75, 3.05) is 18.4 Å². The van der Waals surface area contributed by atoms with Gasteiger partial charge in [-0.2, -0.15) is 5.10 Å². The zero-order valence-electron chi connectivity index (χ0n) is 23.5. The zero-order valence-corrected chi connectivity index (χ0v) is 23.5. The van der Waals surface area contributed by atoms with Crippen molar-refractivity contribution in [3.8, 4) is 11.3 Å². The van der Waals surface area contributed by atoms with Crippen LogP contribution in [-0.4, -0.2) is 70.3 Å². The molecule has 0 spiro atoms. The number of aliphatic hydroxyl groups excluding tert-OH is 1. The maximum absolute atomic E-state index is 13.2. The molecule has 0 saturated heterocycles. The van der Waals surface area contributed by atoms with Gasteiger partial charge in [-0.05, 0) is 64.3 Å². The van der Waals surface area contributed by atoms with E-state index in [1.807, 2.05) is 39.8 Å². The van der Waals surface area contributed by atoms with Crippen LogP contribution in [0.1, 0.15) is 67.5 Å². The summed E-state index contributed by atoms with van der Waals surface area (Å²) in [6, 6.07) is 7.84. The van der Waals surface area contributed by atoms with Gasteiger partial charge in [0.25, 0.3) is 5.91 Å². The van der Waals surface area contributed by atoms with Gasteiger partial charge in [0.2, 0.25) is 5.95 Å². The summed E-state index contributed by atoms with van der Waals surface area (Å²) < 4.78 is 1.69. The normalized spacial score (nSPS) is 16.7. The van der Waals surface area contributed by atoms with Gasteiger partial charge in [0, 0.05) is 31.4 Å². The van der Waals surface area contributed by atoms with E-state index in [0.717, 1.165) is 40.3 Å². The maximum atomic E-state index is 13.2. The molecule has 0 fully saturated rings. The number of carbonyl (C=O) groups excluding carboxylic acids is 1. The van der Waals surface area contributed by atoms with Crippen LogP contribution in [0, 0.1) is 6.92 Å². The average molecular weight is 545 g/mol. The van der Waals surface area contributed by atoms with E-state index < -0.39 is 6.10 Å². The molecule has 1 aliphatic rings.